The van der Waals surface area contributed by atoms with E-state index in [0.717, 1.165) is 17.8 Å². The molecule has 30 heavy (non-hydrogen) atoms. The van der Waals surface area contributed by atoms with E-state index in [9.17, 15) is 17.6 Å². The van der Waals surface area contributed by atoms with Gasteiger partial charge in [0.1, 0.15) is 5.82 Å². The van der Waals surface area contributed by atoms with E-state index in [1.807, 2.05) is 19.1 Å². The highest BCUT2D eigenvalue weighted by Crippen LogP contribution is 2.26. The summed E-state index contributed by atoms with van der Waals surface area (Å²) in [7, 11) is -3.86. The van der Waals surface area contributed by atoms with Crippen LogP contribution in [-0.2, 0) is 10.0 Å². The Bertz CT molecular complexity index is 1220. The molecule has 6 nitrogen and oxygen atoms in total. The molecule has 0 unspecified atom stereocenters. The first-order valence-corrected chi connectivity index (χ1v) is 10.7. The van der Waals surface area contributed by atoms with Crippen molar-refractivity contribution in [3.8, 4) is 0 Å². The Kier molecular flexibility index (Phi) is 5.89. The number of pyridine rings is 1. The largest absolute Gasteiger partial charge is 0.320 e. The van der Waals surface area contributed by atoms with Gasteiger partial charge >= 0.3 is 0 Å². The average molecular weight is 428 g/mol. The number of halogens is 1. The molecule has 156 valence electrons. The zero-order chi connectivity index (χ0) is 22.1. The van der Waals surface area contributed by atoms with Crippen LogP contribution in [0.15, 0.2) is 53.7 Å². The molecule has 0 fully saturated rings. The second-order valence-corrected chi connectivity index (χ2v) is 8.83. The Balaban J connectivity index is 1.91. The number of nitrogens with one attached hydrogen (secondary N) is 2. The Morgan fingerprint density at radius 1 is 0.933 bits per heavy atom. The fraction of sp³-hybridized carbons (Fsp3) is 0.182. The summed E-state index contributed by atoms with van der Waals surface area (Å²) < 4.78 is 42.0. The van der Waals surface area contributed by atoms with Gasteiger partial charge in [-0.1, -0.05) is 23.8 Å². The lowest BCUT2D eigenvalue weighted by Crippen LogP contribution is -2.18. The average Bonchev–Trinajstić information content (AvgIpc) is 2.62. The number of rotatable bonds is 5. The quantitative estimate of drug-likeness (QED) is 0.627. The van der Waals surface area contributed by atoms with Crippen molar-refractivity contribution in [2.45, 2.75) is 32.6 Å². The number of carbonyl (C=O) groups excluding carboxylic acids is 1. The van der Waals surface area contributed by atoms with Crippen molar-refractivity contribution >= 4 is 27.3 Å². The minimum absolute atomic E-state index is 0.202. The molecule has 0 bridgehead atoms. The van der Waals surface area contributed by atoms with Crippen LogP contribution in [0.4, 0.5) is 15.8 Å². The number of carbonyl (C=O) groups is 1. The third-order valence-corrected chi connectivity index (χ3v) is 6.25. The van der Waals surface area contributed by atoms with Crippen LogP contribution in [0.5, 0.6) is 0 Å². The molecule has 0 saturated carbocycles. The third-order valence-electron chi connectivity index (χ3n) is 4.58. The van der Waals surface area contributed by atoms with Crippen molar-refractivity contribution in [2.24, 2.45) is 0 Å². The Morgan fingerprint density at radius 3 is 2.23 bits per heavy atom. The summed E-state index contributed by atoms with van der Waals surface area (Å²) in [5.74, 6) is -1.08. The summed E-state index contributed by atoms with van der Waals surface area (Å²) >= 11 is 0. The van der Waals surface area contributed by atoms with Gasteiger partial charge in [-0.05, 0) is 56.5 Å². The molecule has 1 aromatic heterocycles. The number of hydrogen-bond acceptors (Lipinski definition) is 4. The predicted molar refractivity (Wildman–Crippen MR) is 115 cm³/mol. The molecule has 0 aliphatic rings. The van der Waals surface area contributed by atoms with Crippen LogP contribution >= 0.6 is 0 Å². The Hall–Kier alpha value is -3.26. The topological polar surface area (TPSA) is 88.2 Å². The SMILES string of the molecule is Cc1cc(C)c(S(=O)(=O)Nc2cc(C(=O)Nc3cncc(F)c3)ccc2C)c(C)c1. The van der Waals surface area contributed by atoms with Gasteiger partial charge in [-0.15, -0.1) is 0 Å². The smallest absolute Gasteiger partial charge is 0.262 e. The zero-order valence-electron chi connectivity index (χ0n) is 17.1. The first-order valence-electron chi connectivity index (χ1n) is 9.20. The molecule has 3 aromatic rings. The minimum Gasteiger partial charge on any atom is -0.320 e. The molecule has 1 heterocycles. The van der Waals surface area contributed by atoms with Crippen LogP contribution in [0, 0.1) is 33.5 Å². The van der Waals surface area contributed by atoms with Crippen LogP contribution < -0.4 is 10.0 Å². The van der Waals surface area contributed by atoms with Gasteiger partial charge in [-0.25, -0.2) is 12.8 Å². The number of sulfonamides is 1. The van der Waals surface area contributed by atoms with Gasteiger partial charge in [0.15, 0.2) is 0 Å². The summed E-state index contributed by atoms with van der Waals surface area (Å²) in [6, 6.07) is 9.43. The highest BCUT2D eigenvalue weighted by Gasteiger charge is 2.21. The number of anilines is 2. The van der Waals surface area contributed by atoms with Crippen LogP contribution in [0.3, 0.4) is 0 Å². The molecule has 2 aromatic carbocycles. The molecule has 3 rings (SSSR count). The minimum atomic E-state index is -3.86. The van der Waals surface area contributed by atoms with Gasteiger partial charge in [0.2, 0.25) is 0 Å². The van der Waals surface area contributed by atoms with E-state index in [0.29, 0.717) is 22.4 Å². The number of hydrogen-bond donors (Lipinski definition) is 2. The number of aromatic nitrogens is 1. The highest BCUT2D eigenvalue weighted by molar-refractivity contribution is 7.92. The normalized spacial score (nSPS) is 11.2. The van der Waals surface area contributed by atoms with E-state index < -0.39 is 21.7 Å². The van der Waals surface area contributed by atoms with Gasteiger partial charge in [0, 0.05) is 11.6 Å². The molecule has 1 amide bonds. The van der Waals surface area contributed by atoms with Crippen molar-refractivity contribution in [3.05, 3.63) is 82.4 Å². The maximum Gasteiger partial charge on any atom is 0.262 e. The second kappa shape index (κ2) is 8.23. The summed E-state index contributed by atoms with van der Waals surface area (Å²) in [6.07, 6.45) is 2.35. The maximum absolute atomic E-state index is 13.3. The fourth-order valence-electron chi connectivity index (χ4n) is 3.34. The summed E-state index contributed by atoms with van der Waals surface area (Å²) in [5.41, 5.74) is 3.64. The highest BCUT2D eigenvalue weighted by atomic mass is 32.2. The van der Waals surface area contributed by atoms with Gasteiger partial charge in [-0.2, -0.15) is 0 Å². The van der Waals surface area contributed by atoms with Crippen LogP contribution in [0.2, 0.25) is 0 Å². The first kappa shape index (κ1) is 21.4. The van der Waals surface area contributed by atoms with Crippen molar-refractivity contribution < 1.29 is 17.6 Å². The lowest BCUT2D eigenvalue weighted by Gasteiger charge is -2.16. The maximum atomic E-state index is 13.3. The van der Waals surface area contributed by atoms with Crippen LogP contribution in [0.1, 0.15) is 32.6 Å². The monoisotopic (exact) mass is 427 g/mol. The number of nitrogens with zero attached hydrogens (tertiary/aromatic N) is 1. The lowest BCUT2D eigenvalue weighted by atomic mass is 10.1. The molecular formula is C22H22FN3O3S. The fourth-order valence-corrected chi connectivity index (χ4v) is 4.92. The van der Waals surface area contributed by atoms with E-state index >= 15 is 0 Å². The van der Waals surface area contributed by atoms with Gasteiger partial charge < -0.3 is 5.32 Å². The molecular weight excluding hydrogens is 405 g/mol. The van der Waals surface area contributed by atoms with Gasteiger partial charge in [0.05, 0.1) is 28.7 Å². The Labute approximate surface area is 175 Å². The van der Waals surface area contributed by atoms with Crippen LogP contribution in [0.25, 0.3) is 0 Å². The van der Waals surface area contributed by atoms with Crippen molar-refractivity contribution in [2.75, 3.05) is 10.0 Å². The van der Waals surface area contributed by atoms with E-state index in [1.54, 1.807) is 32.9 Å². The van der Waals surface area contributed by atoms with E-state index in [4.69, 9.17) is 0 Å². The summed E-state index contributed by atoms with van der Waals surface area (Å²) in [6.45, 7) is 7.14. The van der Waals surface area contributed by atoms with E-state index in [2.05, 4.69) is 15.0 Å². The lowest BCUT2D eigenvalue weighted by molar-refractivity contribution is 0.102. The van der Waals surface area contributed by atoms with Crippen LogP contribution in [-0.4, -0.2) is 19.3 Å². The molecule has 0 aliphatic carbocycles. The number of amides is 1. The molecule has 0 radical (unpaired) electrons. The zero-order valence-corrected chi connectivity index (χ0v) is 17.9. The molecule has 0 aliphatic heterocycles. The molecule has 0 atom stereocenters. The van der Waals surface area contributed by atoms with Crippen molar-refractivity contribution in [3.63, 3.8) is 0 Å². The molecule has 2 N–H and O–H groups in total. The summed E-state index contributed by atoms with van der Waals surface area (Å²) in [5, 5.41) is 2.55. The van der Waals surface area contributed by atoms with Gasteiger partial charge in [-0.3, -0.25) is 14.5 Å². The molecule has 0 spiro atoms. The van der Waals surface area contributed by atoms with Gasteiger partial charge in [0.25, 0.3) is 15.9 Å². The van der Waals surface area contributed by atoms with E-state index in [-0.39, 0.29) is 16.1 Å². The van der Waals surface area contributed by atoms with Crippen molar-refractivity contribution in [1.82, 2.24) is 4.98 Å². The standard InChI is InChI=1S/C22H22FN3O3S/c1-13-7-15(3)21(16(4)8-13)30(28,29)26-20-9-17(6-5-14(20)2)22(27)25-19-10-18(23)11-24-12-19/h5-12,26H,1-4H3,(H,25,27). The third kappa shape index (κ3) is 4.65. The number of benzene rings is 2. The van der Waals surface area contributed by atoms with Crippen molar-refractivity contribution in [1.29, 1.82) is 0 Å². The summed E-state index contributed by atoms with van der Waals surface area (Å²) in [4.78, 5) is 16.4. The Morgan fingerprint density at radius 2 is 1.60 bits per heavy atom. The molecule has 8 heteroatoms. The van der Waals surface area contributed by atoms with E-state index in [1.165, 1.54) is 12.3 Å². The second-order valence-electron chi connectivity index (χ2n) is 7.21. The molecule has 0 saturated heterocycles. The first-order chi connectivity index (χ1) is 14.1. The predicted octanol–water partition coefficient (Wildman–Crippen LogP) is 4.51. The number of aryl methyl sites for hydroxylation is 4.